The van der Waals surface area contributed by atoms with Gasteiger partial charge >= 0.3 is 0 Å². The fourth-order valence-corrected chi connectivity index (χ4v) is 2.16. The minimum atomic E-state index is -0.244. The fraction of sp³-hybridized carbons (Fsp3) is 0.0833. The molecule has 0 aromatic carbocycles. The van der Waals surface area contributed by atoms with Crippen LogP contribution in [0.4, 0.5) is 5.13 Å². The molecule has 5 nitrogen and oxygen atoms in total. The standard InChI is InChI=1S/C12H10N4OS/c1-8-2-4-16-7-9(14-10(16)6-8)11(17)15-12-13-3-5-18-12/h2-7H,1H3,(H,13,15,17). The minimum absolute atomic E-state index is 0.244. The van der Waals surface area contributed by atoms with Gasteiger partial charge in [0.1, 0.15) is 11.3 Å². The van der Waals surface area contributed by atoms with E-state index in [4.69, 9.17) is 0 Å². The van der Waals surface area contributed by atoms with E-state index in [9.17, 15) is 4.79 Å². The van der Waals surface area contributed by atoms with Gasteiger partial charge in [-0.25, -0.2) is 9.97 Å². The second kappa shape index (κ2) is 4.23. The third kappa shape index (κ3) is 1.98. The molecule has 1 amide bonds. The van der Waals surface area contributed by atoms with Crippen LogP contribution in [0.1, 0.15) is 16.1 Å². The summed E-state index contributed by atoms with van der Waals surface area (Å²) >= 11 is 1.38. The van der Waals surface area contributed by atoms with E-state index in [1.54, 1.807) is 12.4 Å². The van der Waals surface area contributed by atoms with Gasteiger partial charge in [0.2, 0.25) is 0 Å². The maximum absolute atomic E-state index is 11.9. The number of carbonyl (C=O) groups is 1. The van der Waals surface area contributed by atoms with Gasteiger partial charge in [-0.05, 0) is 24.6 Å². The molecule has 0 spiro atoms. The van der Waals surface area contributed by atoms with Gasteiger partial charge in [0, 0.05) is 24.0 Å². The van der Waals surface area contributed by atoms with Gasteiger partial charge in [0.05, 0.1) is 0 Å². The number of nitrogens with one attached hydrogen (secondary N) is 1. The monoisotopic (exact) mass is 258 g/mol. The Hall–Kier alpha value is -2.21. The lowest BCUT2D eigenvalue weighted by molar-refractivity contribution is 0.102. The number of aryl methyl sites for hydroxylation is 1. The smallest absolute Gasteiger partial charge is 0.277 e. The number of nitrogens with zero attached hydrogens (tertiary/aromatic N) is 3. The van der Waals surface area contributed by atoms with Crippen molar-refractivity contribution in [1.82, 2.24) is 14.4 Å². The van der Waals surface area contributed by atoms with E-state index in [1.165, 1.54) is 11.3 Å². The van der Waals surface area contributed by atoms with Crippen molar-refractivity contribution in [2.45, 2.75) is 6.92 Å². The minimum Gasteiger partial charge on any atom is -0.306 e. The molecular formula is C12H10N4OS. The van der Waals surface area contributed by atoms with Crippen molar-refractivity contribution in [3.05, 3.63) is 47.4 Å². The van der Waals surface area contributed by atoms with E-state index in [1.807, 2.05) is 35.0 Å². The molecule has 0 aliphatic carbocycles. The summed E-state index contributed by atoms with van der Waals surface area (Å²) in [5.41, 5.74) is 2.26. The molecule has 18 heavy (non-hydrogen) atoms. The normalized spacial score (nSPS) is 10.7. The summed E-state index contributed by atoms with van der Waals surface area (Å²) in [6, 6.07) is 3.90. The largest absolute Gasteiger partial charge is 0.306 e. The summed E-state index contributed by atoms with van der Waals surface area (Å²) < 4.78 is 1.82. The number of thiazole rings is 1. The second-order valence-corrected chi connectivity index (χ2v) is 4.78. The van der Waals surface area contributed by atoms with Gasteiger partial charge < -0.3 is 4.40 Å². The maximum Gasteiger partial charge on any atom is 0.277 e. The molecule has 0 aliphatic heterocycles. The van der Waals surface area contributed by atoms with Crippen molar-refractivity contribution >= 4 is 28.0 Å². The molecule has 0 aliphatic rings. The van der Waals surface area contributed by atoms with Crippen molar-refractivity contribution in [2.24, 2.45) is 0 Å². The van der Waals surface area contributed by atoms with Crippen LogP contribution in [0, 0.1) is 6.92 Å². The molecule has 0 radical (unpaired) electrons. The number of rotatable bonds is 2. The van der Waals surface area contributed by atoms with Crippen LogP contribution in [0.3, 0.4) is 0 Å². The zero-order chi connectivity index (χ0) is 12.5. The zero-order valence-electron chi connectivity index (χ0n) is 9.62. The molecule has 90 valence electrons. The van der Waals surface area contributed by atoms with E-state index in [0.717, 1.165) is 11.2 Å². The second-order valence-electron chi connectivity index (χ2n) is 3.89. The predicted octanol–water partition coefficient (Wildman–Crippen LogP) is 2.35. The summed E-state index contributed by atoms with van der Waals surface area (Å²) in [5.74, 6) is -0.244. The Morgan fingerprint density at radius 1 is 1.50 bits per heavy atom. The molecule has 0 saturated heterocycles. The van der Waals surface area contributed by atoms with E-state index < -0.39 is 0 Å². The first-order valence-electron chi connectivity index (χ1n) is 5.38. The van der Waals surface area contributed by atoms with Crippen molar-refractivity contribution in [3.63, 3.8) is 0 Å². The number of fused-ring (bicyclic) bond motifs is 1. The van der Waals surface area contributed by atoms with Crippen LogP contribution in [-0.4, -0.2) is 20.3 Å². The van der Waals surface area contributed by atoms with E-state index >= 15 is 0 Å². The van der Waals surface area contributed by atoms with Crippen molar-refractivity contribution in [3.8, 4) is 0 Å². The van der Waals surface area contributed by atoms with Crippen molar-refractivity contribution in [1.29, 1.82) is 0 Å². The molecule has 3 rings (SSSR count). The first kappa shape index (κ1) is 10.9. The highest BCUT2D eigenvalue weighted by atomic mass is 32.1. The van der Waals surface area contributed by atoms with Gasteiger partial charge in [-0.1, -0.05) is 0 Å². The highest BCUT2D eigenvalue weighted by Gasteiger charge is 2.11. The van der Waals surface area contributed by atoms with Gasteiger partial charge in [0.25, 0.3) is 5.91 Å². The quantitative estimate of drug-likeness (QED) is 0.767. The number of amides is 1. The summed E-state index contributed by atoms with van der Waals surface area (Å²) in [5, 5.41) is 5.09. The number of carbonyl (C=O) groups excluding carboxylic acids is 1. The van der Waals surface area contributed by atoms with Crippen LogP contribution < -0.4 is 5.32 Å². The summed E-state index contributed by atoms with van der Waals surface area (Å²) in [4.78, 5) is 20.2. The molecule has 3 aromatic rings. The average molecular weight is 258 g/mol. The first-order valence-corrected chi connectivity index (χ1v) is 6.26. The number of aromatic nitrogens is 3. The molecule has 0 unspecified atom stereocenters. The lowest BCUT2D eigenvalue weighted by atomic mass is 10.3. The topological polar surface area (TPSA) is 59.3 Å². The Labute approximate surface area is 107 Å². The van der Waals surface area contributed by atoms with Gasteiger partial charge in [0.15, 0.2) is 5.13 Å². The van der Waals surface area contributed by atoms with Gasteiger partial charge in [-0.3, -0.25) is 10.1 Å². The molecule has 0 atom stereocenters. The van der Waals surface area contributed by atoms with Crippen LogP contribution >= 0.6 is 11.3 Å². The van der Waals surface area contributed by atoms with Gasteiger partial charge in [-0.2, -0.15) is 0 Å². The lowest BCUT2D eigenvalue weighted by Gasteiger charge is -1.95. The van der Waals surface area contributed by atoms with Crippen LogP contribution in [-0.2, 0) is 0 Å². The van der Waals surface area contributed by atoms with E-state index in [-0.39, 0.29) is 5.91 Å². The molecule has 0 fully saturated rings. The van der Waals surface area contributed by atoms with Crippen LogP contribution in [0.2, 0.25) is 0 Å². The fourth-order valence-electron chi connectivity index (χ4n) is 1.64. The van der Waals surface area contributed by atoms with Crippen molar-refractivity contribution in [2.75, 3.05) is 5.32 Å². The molecule has 6 heteroatoms. The molecule has 3 aromatic heterocycles. The number of pyridine rings is 1. The first-order chi connectivity index (χ1) is 8.72. The van der Waals surface area contributed by atoms with E-state index in [2.05, 4.69) is 15.3 Å². The lowest BCUT2D eigenvalue weighted by Crippen LogP contribution is -2.11. The Morgan fingerprint density at radius 3 is 3.17 bits per heavy atom. The van der Waals surface area contributed by atoms with Crippen LogP contribution in [0.15, 0.2) is 36.1 Å². The SMILES string of the molecule is Cc1ccn2cc(C(=O)Nc3nccs3)nc2c1. The van der Waals surface area contributed by atoms with Crippen molar-refractivity contribution < 1.29 is 4.79 Å². The third-order valence-electron chi connectivity index (χ3n) is 2.50. The number of anilines is 1. The van der Waals surface area contributed by atoms with Crippen LogP contribution in [0.5, 0.6) is 0 Å². The summed E-state index contributed by atoms with van der Waals surface area (Å²) in [6.45, 7) is 1.99. The Balaban J connectivity index is 1.92. The highest BCUT2D eigenvalue weighted by Crippen LogP contribution is 2.13. The third-order valence-corrected chi connectivity index (χ3v) is 3.19. The maximum atomic E-state index is 11.9. The highest BCUT2D eigenvalue weighted by molar-refractivity contribution is 7.13. The molecular weight excluding hydrogens is 248 g/mol. The Morgan fingerprint density at radius 2 is 2.39 bits per heavy atom. The Bertz CT molecular complexity index is 702. The van der Waals surface area contributed by atoms with E-state index in [0.29, 0.717) is 10.8 Å². The average Bonchev–Trinajstić information content (AvgIpc) is 2.96. The predicted molar refractivity (Wildman–Crippen MR) is 70.0 cm³/mol. The molecule has 3 heterocycles. The number of hydrogen-bond donors (Lipinski definition) is 1. The molecule has 1 N–H and O–H groups in total. The zero-order valence-corrected chi connectivity index (χ0v) is 10.4. The summed E-state index contributed by atoms with van der Waals surface area (Å²) in [7, 11) is 0. The summed E-state index contributed by atoms with van der Waals surface area (Å²) in [6.07, 6.45) is 5.24. The van der Waals surface area contributed by atoms with Crippen LogP contribution in [0.25, 0.3) is 5.65 Å². The number of imidazole rings is 1. The molecule has 0 bridgehead atoms. The Kier molecular flexibility index (Phi) is 2.56. The van der Waals surface area contributed by atoms with Gasteiger partial charge in [-0.15, -0.1) is 11.3 Å². The molecule has 0 saturated carbocycles. The number of hydrogen-bond acceptors (Lipinski definition) is 4.